The first-order chi connectivity index (χ1) is 8.13. The van der Waals surface area contributed by atoms with Crippen LogP contribution in [0.1, 0.15) is 5.56 Å². The van der Waals surface area contributed by atoms with Gasteiger partial charge in [-0.25, -0.2) is 4.79 Å². The molecule has 0 fully saturated rings. The van der Waals surface area contributed by atoms with Gasteiger partial charge in [-0.3, -0.25) is 0 Å². The van der Waals surface area contributed by atoms with Gasteiger partial charge in [0.05, 0.1) is 6.61 Å². The molecule has 0 bridgehead atoms. The van der Waals surface area contributed by atoms with Crippen molar-refractivity contribution in [3.8, 4) is 5.75 Å². The molecule has 0 spiro atoms. The van der Waals surface area contributed by atoms with Gasteiger partial charge in [-0.2, -0.15) is 0 Å². The summed E-state index contributed by atoms with van der Waals surface area (Å²) in [4.78, 5) is 10.5. The lowest BCUT2D eigenvalue weighted by molar-refractivity contribution is -0.146. The van der Waals surface area contributed by atoms with Gasteiger partial charge in [0.2, 0.25) is 0 Å². The second kappa shape index (κ2) is 6.88. The lowest BCUT2D eigenvalue weighted by atomic mass is 10.1. The SMILES string of the molecule is COCCOc1ccc(CC(O)C(=O)O)cc1. The van der Waals surface area contributed by atoms with Crippen LogP contribution in [0.25, 0.3) is 0 Å². The molecule has 1 aromatic rings. The fraction of sp³-hybridized carbons (Fsp3) is 0.417. The van der Waals surface area contributed by atoms with Gasteiger partial charge < -0.3 is 19.7 Å². The van der Waals surface area contributed by atoms with E-state index in [0.717, 1.165) is 5.56 Å². The minimum atomic E-state index is -1.37. The average molecular weight is 240 g/mol. The Kier molecular flexibility index (Phi) is 5.45. The molecule has 0 saturated carbocycles. The van der Waals surface area contributed by atoms with Crippen molar-refractivity contribution in [2.75, 3.05) is 20.3 Å². The minimum absolute atomic E-state index is 0.0910. The molecular weight excluding hydrogens is 224 g/mol. The highest BCUT2D eigenvalue weighted by molar-refractivity contribution is 5.72. The van der Waals surface area contributed by atoms with E-state index in [1.165, 1.54) is 0 Å². The molecule has 0 aliphatic rings. The van der Waals surface area contributed by atoms with Crippen LogP contribution in [0.15, 0.2) is 24.3 Å². The molecule has 0 saturated heterocycles. The average Bonchev–Trinajstić information content (AvgIpc) is 2.31. The lowest BCUT2D eigenvalue weighted by Crippen LogP contribution is -2.21. The standard InChI is InChI=1S/C12H16O5/c1-16-6-7-17-10-4-2-9(3-5-10)8-11(13)12(14)15/h2-5,11,13H,6-8H2,1H3,(H,14,15). The zero-order valence-corrected chi connectivity index (χ0v) is 9.63. The van der Waals surface area contributed by atoms with E-state index in [2.05, 4.69) is 0 Å². The number of benzene rings is 1. The Hall–Kier alpha value is -1.59. The monoisotopic (exact) mass is 240 g/mol. The summed E-state index contributed by atoms with van der Waals surface area (Å²) < 4.78 is 10.2. The van der Waals surface area contributed by atoms with E-state index in [0.29, 0.717) is 19.0 Å². The topological polar surface area (TPSA) is 76.0 Å². The summed E-state index contributed by atoms with van der Waals surface area (Å²) >= 11 is 0. The molecule has 0 aliphatic heterocycles. The summed E-state index contributed by atoms with van der Waals surface area (Å²) in [6, 6.07) is 6.93. The lowest BCUT2D eigenvalue weighted by Gasteiger charge is -2.08. The number of aliphatic hydroxyl groups excluding tert-OH is 1. The zero-order chi connectivity index (χ0) is 12.7. The van der Waals surface area contributed by atoms with Gasteiger partial charge in [0, 0.05) is 13.5 Å². The number of rotatable bonds is 7. The molecule has 1 rings (SSSR count). The van der Waals surface area contributed by atoms with Crippen LogP contribution in [0.3, 0.4) is 0 Å². The number of aliphatic carboxylic acids is 1. The van der Waals surface area contributed by atoms with Crippen LogP contribution < -0.4 is 4.74 Å². The number of hydrogen-bond acceptors (Lipinski definition) is 4. The van der Waals surface area contributed by atoms with Crippen molar-refractivity contribution in [1.82, 2.24) is 0 Å². The summed E-state index contributed by atoms with van der Waals surface area (Å²) in [5.74, 6) is -0.527. The van der Waals surface area contributed by atoms with Crippen molar-refractivity contribution >= 4 is 5.97 Å². The fourth-order valence-electron chi connectivity index (χ4n) is 1.28. The Morgan fingerprint density at radius 1 is 1.29 bits per heavy atom. The summed E-state index contributed by atoms with van der Waals surface area (Å²) in [7, 11) is 1.60. The van der Waals surface area contributed by atoms with Crippen molar-refractivity contribution in [2.45, 2.75) is 12.5 Å². The molecule has 5 heteroatoms. The molecule has 1 unspecified atom stereocenters. The highest BCUT2D eigenvalue weighted by atomic mass is 16.5. The van der Waals surface area contributed by atoms with Crippen molar-refractivity contribution in [3.05, 3.63) is 29.8 Å². The van der Waals surface area contributed by atoms with E-state index in [4.69, 9.17) is 14.6 Å². The van der Waals surface area contributed by atoms with Crippen LogP contribution in [0, 0.1) is 0 Å². The van der Waals surface area contributed by atoms with E-state index in [-0.39, 0.29) is 6.42 Å². The third-order valence-electron chi connectivity index (χ3n) is 2.19. The van der Waals surface area contributed by atoms with Crippen molar-refractivity contribution < 1.29 is 24.5 Å². The van der Waals surface area contributed by atoms with E-state index in [1.807, 2.05) is 0 Å². The molecule has 0 amide bonds. The van der Waals surface area contributed by atoms with E-state index in [1.54, 1.807) is 31.4 Å². The Labute approximate surface area is 99.6 Å². The Bertz CT molecular complexity index is 346. The summed E-state index contributed by atoms with van der Waals surface area (Å²) in [6.45, 7) is 0.979. The van der Waals surface area contributed by atoms with E-state index in [9.17, 15) is 9.90 Å². The molecule has 17 heavy (non-hydrogen) atoms. The Morgan fingerprint density at radius 3 is 2.47 bits per heavy atom. The zero-order valence-electron chi connectivity index (χ0n) is 9.63. The predicted octanol–water partition coefficient (Wildman–Crippen LogP) is 0.700. The first-order valence-electron chi connectivity index (χ1n) is 5.25. The van der Waals surface area contributed by atoms with Gasteiger partial charge in [0.15, 0.2) is 6.10 Å². The number of ether oxygens (including phenoxy) is 2. The number of carboxylic acids is 1. The molecule has 94 valence electrons. The Morgan fingerprint density at radius 2 is 1.94 bits per heavy atom. The maximum absolute atomic E-state index is 10.5. The largest absolute Gasteiger partial charge is 0.491 e. The smallest absolute Gasteiger partial charge is 0.332 e. The van der Waals surface area contributed by atoms with Gasteiger partial charge in [0.25, 0.3) is 0 Å². The minimum Gasteiger partial charge on any atom is -0.491 e. The maximum Gasteiger partial charge on any atom is 0.332 e. The quantitative estimate of drug-likeness (QED) is 0.686. The fourth-order valence-corrected chi connectivity index (χ4v) is 1.28. The van der Waals surface area contributed by atoms with E-state index < -0.39 is 12.1 Å². The molecule has 1 aromatic carbocycles. The number of hydrogen-bond donors (Lipinski definition) is 2. The molecule has 1 atom stereocenters. The van der Waals surface area contributed by atoms with Gasteiger partial charge in [-0.15, -0.1) is 0 Å². The summed E-state index contributed by atoms with van der Waals surface area (Å²) in [6.07, 6.45) is -1.27. The summed E-state index contributed by atoms with van der Waals surface area (Å²) in [5, 5.41) is 17.7. The second-order valence-corrected chi connectivity index (χ2v) is 3.54. The van der Waals surface area contributed by atoms with Crippen molar-refractivity contribution in [3.63, 3.8) is 0 Å². The molecular formula is C12H16O5. The Balaban J connectivity index is 2.47. The number of carboxylic acid groups (broad SMARTS) is 1. The van der Waals surface area contributed by atoms with Crippen LogP contribution in [0.5, 0.6) is 5.75 Å². The van der Waals surface area contributed by atoms with Crippen LogP contribution >= 0.6 is 0 Å². The molecule has 0 aromatic heterocycles. The number of aliphatic hydroxyl groups is 1. The molecule has 5 nitrogen and oxygen atoms in total. The first-order valence-corrected chi connectivity index (χ1v) is 5.25. The van der Waals surface area contributed by atoms with Gasteiger partial charge in [-0.1, -0.05) is 12.1 Å². The van der Waals surface area contributed by atoms with Crippen LogP contribution in [0.4, 0.5) is 0 Å². The van der Waals surface area contributed by atoms with Crippen LogP contribution in [-0.4, -0.2) is 42.6 Å². The molecule has 0 aliphatic carbocycles. The highest BCUT2D eigenvalue weighted by Crippen LogP contribution is 2.13. The number of carbonyl (C=O) groups is 1. The van der Waals surface area contributed by atoms with Crippen molar-refractivity contribution in [1.29, 1.82) is 0 Å². The molecule has 0 radical (unpaired) electrons. The highest BCUT2D eigenvalue weighted by Gasteiger charge is 2.13. The summed E-state index contributed by atoms with van der Waals surface area (Å²) in [5.41, 5.74) is 0.749. The molecule has 0 heterocycles. The van der Waals surface area contributed by atoms with Crippen LogP contribution in [0.2, 0.25) is 0 Å². The third kappa shape index (κ3) is 4.84. The second-order valence-electron chi connectivity index (χ2n) is 3.54. The maximum atomic E-state index is 10.5. The molecule has 2 N–H and O–H groups in total. The third-order valence-corrected chi connectivity index (χ3v) is 2.19. The first kappa shape index (κ1) is 13.5. The van der Waals surface area contributed by atoms with E-state index >= 15 is 0 Å². The van der Waals surface area contributed by atoms with Gasteiger partial charge >= 0.3 is 5.97 Å². The van der Waals surface area contributed by atoms with Crippen LogP contribution in [-0.2, 0) is 16.0 Å². The van der Waals surface area contributed by atoms with Gasteiger partial charge in [-0.05, 0) is 17.7 Å². The van der Waals surface area contributed by atoms with Gasteiger partial charge in [0.1, 0.15) is 12.4 Å². The normalized spacial score (nSPS) is 12.1. The van der Waals surface area contributed by atoms with Crippen molar-refractivity contribution in [2.24, 2.45) is 0 Å². The number of methoxy groups -OCH3 is 1. The predicted molar refractivity (Wildman–Crippen MR) is 61.2 cm³/mol.